The molecule has 1 heterocycles. The van der Waals surface area contributed by atoms with Crippen molar-refractivity contribution in [2.75, 3.05) is 6.54 Å². The molecule has 4 rings (SSSR count). The lowest BCUT2D eigenvalue weighted by Gasteiger charge is -2.31. The number of benzene rings is 3. The van der Waals surface area contributed by atoms with E-state index in [9.17, 15) is 14.2 Å². The molecule has 41 heavy (non-hydrogen) atoms. The molecular weight excluding hydrogens is 537 g/mol. The van der Waals surface area contributed by atoms with E-state index in [1.54, 1.807) is 53.4 Å². The molecule has 0 aliphatic carbocycles. The Morgan fingerprint density at radius 3 is 2.05 bits per heavy atom. The molecule has 9 heteroatoms. The van der Waals surface area contributed by atoms with Crippen LogP contribution in [0.5, 0.6) is 11.5 Å². The molecule has 1 aliphatic rings. The van der Waals surface area contributed by atoms with Gasteiger partial charge in [-0.3, -0.25) is 9.59 Å². The third-order valence-corrected chi connectivity index (χ3v) is 9.26. The van der Waals surface area contributed by atoms with Crippen molar-refractivity contribution in [3.8, 4) is 11.5 Å². The summed E-state index contributed by atoms with van der Waals surface area (Å²) in [5.74, 6) is -0.800. The fraction of sp³-hybridized carbons (Fsp3) is 0.375. The first-order valence-corrected chi connectivity index (χ1v) is 16.0. The Hall–Kier alpha value is -3.61. The predicted octanol–water partition coefficient (Wildman–Crippen LogP) is 5.92. The van der Waals surface area contributed by atoms with Crippen LogP contribution in [0.1, 0.15) is 51.0 Å². The van der Waals surface area contributed by atoms with Gasteiger partial charge in [0, 0.05) is 6.54 Å². The second kappa shape index (κ2) is 14.9. The van der Waals surface area contributed by atoms with E-state index in [4.69, 9.17) is 14.8 Å². The van der Waals surface area contributed by atoms with Gasteiger partial charge in [0.1, 0.15) is 17.5 Å². The van der Waals surface area contributed by atoms with E-state index in [2.05, 4.69) is 12.2 Å². The number of nitrogens with zero attached hydrogens (tertiary/aromatic N) is 1. The molecule has 3 N–H and O–H groups in total. The van der Waals surface area contributed by atoms with Crippen LogP contribution in [0.2, 0.25) is 0 Å². The zero-order valence-corrected chi connectivity index (χ0v) is 24.5. The zero-order valence-electron chi connectivity index (χ0n) is 23.6. The number of amides is 2. The number of unbranched alkanes of at least 4 members (excludes halogenated alkanes) is 2. The van der Waals surface area contributed by atoms with E-state index in [0.29, 0.717) is 43.7 Å². The maximum Gasteiger partial charge on any atom is 0.452 e. The predicted molar refractivity (Wildman–Crippen MR) is 161 cm³/mol. The Bertz CT molecular complexity index is 1250. The molecule has 218 valence electrons. The van der Waals surface area contributed by atoms with Gasteiger partial charge in [-0.25, -0.2) is 4.57 Å². The van der Waals surface area contributed by atoms with E-state index in [-0.39, 0.29) is 11.8 Å². The van der Waals surface area contributed by atoms with Crippen molar-refractivity contribution >= 4 is 19.4 Å². The first-order chi connectivity index (χ1) is 19.9. The molecule has 0 unspecified atom stereocenters. The summed E-state index contributed by atoms with van der Waals surface area (Å²) in [5, 5.41) is 2.99. The van der Waals surface area contributed by atoms with Crippen molar-refractivity contribution in [1.29, 1.82) is 0 Å². The van der Waals surface area contributed by atoms with Crippen molar-refractivity contribution in [3.05, 3.63) is 96.6 Å². The highest BCUT2D eigenvalue weighted by Gasteiger charge is 2.43. The van der Waals surface area contributed by atoms with E-state index in [1.807, 2.05) is 42.5 Å². The van der Waals surface area contributed by atoms with E-state index in [0.717, 1.165) is 24.8 Å². The first-order valence-electron chi connectivity index (χ1n) is 14.4. The highest BCUT2D eigenvalue weighted by atomic mass is 31.2. The standard InChI is InChI=1S/C32H40N3O5P/c1-2-3-7-22-30(41(38,39-26-17-10-5-11-18-26)40-27-19-12-6-13-20-27)34-31(36)29-21-14-23-35(29)32(37)28(33)24-25-15-8-4-9-16-25/h4-6,8-13,15-20,28-30H,2-3,7,14,21-24,33H2,1H3,(H,34,36)/t28-,29-,30+/m0/s1. The normalized spacial score (nSPS) is 16.5. The molecular formula is C32H40N3O5P. The molecule has 3 aromatic carbocycles. The van der Waals surface area contributed by atoms with Crippen LogP contribution < -0.4 is 20.1 Å². The third-order valence-electron chi connectivity index (χ3n) is 7.18. The SMILES string of the molecule is CCCCC[C@H](NC(=O)[C@@H]1CCCN1C(=O)[C@@H](N)Cc1ccccc1)P(=O)(Oc1ccccc1)Oc1ccccc1. The number of carbonyl (C=O) groups is 2. The first kappa shape index (κ1) is 30.4. The van der Waals surface area contributed by atoms with Crippen molar-refractivity contribution in [1.82, 2.24) is 10.2 Å². The van der Waals surface area contributed by atoms with Crippen LogP contribution in [0.15, 0.2) is 91.0 Å². The van der Waals surface area contributed by atoms with Crippen LogP contribution in [0.4, 0.5) is 0 Å². The van der Waals surface area contributed by atoms with Gasteiger partial charge in [0.25, 0.3) is 0 Å². The Kier molecular flexibility index (Phi) is 11.0. The number of carbonyl (C=O) groups excluding carboxylic acids is 2. The Morgan fingerprint density at radius 1 is 0.927 bits per heavy atom. The summed E-state index contributed by atoms with van der Waals surface area (Å²) in [7, 11) is -3.98. The molecule has 3 atom stereocenters. The van der Waals surface area contributed by atoms with Crippen molar-refractivity contribution in [2.24, 2.45) is 5.73 Å². The summed E-state index contributed by atoms with van der Waals surface area (Å²) in [6, 6.07) is 25.8. The number of rotatable bonds is 14. The molecule has 0 saturated carbocycles. The summed E-state index contributed by atoms with van der Waals surface area (Å²) in [6.07, 6.45) is 4.53. The zero-order chi connectivity index (χ0) is 29.1. The van der Waals surface area contributed by atoms with Crippen molar-refractivity contribution in [3.63, 3.8) is 0 Å². The van der Waals surface area contributed by atoms with Crippen molar-refractivity contribution < 1.29 is 23.2 Å². The summed E-state index contributed by atoms with van der Waals surface area (Å²) in [6.45, 7) is 2.52. The Morgan fingerprint density at radius 2 is 1.49 bits per heavy atom. The van der Waals surface area contributed by atoms with E-state index >= 15 is 0 Å². The van der Waals surface area contributed by atoms with Crippen LogP contribution in [0.3, 0.4) is 0 Å². The lowest BCUT2D eigenvalue weighted by atomic mass is 10.1. The van der Waals surface area contributed by atoms with Gasteiger partial charge in [0.2, 0.25) is 11.8 Å². The quantitative estimate of drug-likeness (QED) is 0.182. The molecule has 0 bridgehead atoms. The van der Waals surface area contributed by atoms with Crippen molar-refractivity contribution in [2.45, 2.75) is 69.7 Å². The van der Waals surface area contributed by atoms with E-state index in [1.165, 1.54) is 0 Å². The van der Waals surface area contributed by atoms with Gasteiger partial charge in [0.15, 0.2) is 5.78 Å². The number of hydrogen-bond donors (Lipinski definition) is 2. The third kappa shape index (κ3) is 8.44. The maximum absolute atomic E-state index is 14.6. The van der Waals surface area contributed by atoms with Crippen LogP contribution in [0.25, 0.3) is 0 Å². The molecule has 3 aromatic rings. The van der Waals surface area contributed by atoms with Gasteiger partial charge in [-0.1, -0.05) is 92.9 Å². The van der Waals surface area contributed by atoms with E-state index < -0.39 is 25.5 Å². The van der Waals surface area contributed by atoms with Gasteiger partial charge >= 0.3 is 7.60 Å². The summed E-state index contributed by atoms with van der Waals surface area (Å²) >= 11 is 0. The van der Waals surface area contributed by atoms with Gasteiger partial charge in [-0.15, -0.1) is 0 Å². The lowest BCUT2D eigenvalue weighted by Crippen LogP contribution is -2.53. The van der Waals surface area contributed by atoms with Gasteiger partial charge in [-0.2, -0.15) is 0 Å². The maximum atomic E-state index is 14.6. The molecule has 0 aromatic heterocycles. The van der Waals surface area contributed by atoms with Crippen LogP contribution >= 0.6 is 7.60 Å². The molecule has 1 saturated heterocycles. The second-order valence-corrected chi connectivity index (χ2v) is 12.4. The minimum Gasteiger partial charge on any atom is -0.415 e. The molecule has 0 radical (unpaired) electrons. The van der Waals surface area contributed by atoms with Crippen LogP contribution in [-0.2, 0) is 20.6 Å². The average Bonchev–Trinajstić information content (AvgIpc) is 3.48. The number of hydrogen-bond acceptors (Lipinski definition) is 6. The summed E-state index contributed by atoms with van der Waals surface area (Å²) < 4.78 is 26.7. The molecule has 2 amide bonds. The molecule has 1 aliphatic heterocycles. The summed E-state index contributed by atoms with van der Waals surface area (Å²) in [5.41, 5.74) is 7.27. The molecule has 8 nitrogen and oxygen atoms in total. The highest BCUT2D eigenvalue weighted by molar-refractivity contribution is 7.55. The topological polar surface area (TPSA) is 111 Å². The summed E-state index contributed by atoms with van der Waals surface area (Å²) in [4.78, 5) is 28.7. The Labute approximate surface area is 242 Å². The van der Waals surface area contributed by atoms with Gasteiger partial charge in [0.05, 0.1) is 6.04 Å². The average molecular weight is 578 g/mol. The van der Waals surface area contributed by atoms with Gasteiger partial charge < -0.3 is 25.0 Å². The second-order valence-electron chi connectivity index (χ2n) is 10.4. The minimum atomic E-state index is -3.98. The largest absolute Gasteiger partial charge is 0.452 e. The number of nitrogens with two attached hydrogens (primary N) is 1. The monoisotopic (exact) mass is 577 g/mol. The lowest BCUT2D eigenvalue weighted by molar-refractivity contribution is -0.139. The molecule has 0 spiro atoms. The number of likely N-dealkylation sites (tertiary alicyclic amines) is 1. The fourth-order valence-electron chi connectivity index (χ4n) is 5.03. The minimum absolute atomic E-state index is 0.265. The van der Waals surface area contributed by atoms with Gasteiger partial charge in [-0.05, 0) is 55.5 Å². The number of para-hydroxylation sites is 2. The van der Waals surface area contributed by atoms with Crippen LogP contribution in [-0.4, -0.2) is 41.1 Å². The molecule has 1 fully saturated rings. The Balaban J connectivity index is 1.55. The smallest absolute Gasteiger partial charge is 0.415 e. The number of nitrogens with one attached hydrogen (secondary N) is 1. The fourth-order valence-corrected chi connectivity index (χ4v) is 6.94. The highest BCUT2D eigenvalue weighted by Crippen LogP contribution is 2.53. The van der Waals surface area contributed by atoms with Crippen LogP contribution in [0, 0.1) is 0 Å².